The highest BCUT2D eigenvalue weighted by molar-refractivity contribution is 7.99. The molecule has 1 heterocycles. The third kappa shape index (κ3) is 4.29. The summed E-state index contributed by atoms with van der Waals surface area (Å²) in [5.41, 5.74) is 0.548. The van der Waals surface area contributed by atoms with Crippen molar-refractivity contribution < 1.29 is 22.0 Å². The number of anilines is 1. The van der Waals surface area contributed by atoms with E-state index in [-0.39, 0.29) is 44.6 Å². The normalized spacial score (nSPS) is 14.5. The lowest BCUT2D eigenvalue weighted by Gasteiger charge is -2.19. The number of likely N-dealkylation sites (N-methyl/N-ethyl adjacent to an activating group) is 1. The van der Waals surface area contributed by atoms with E-state index in [4.69, 9.17) is 11.6 Å². The van der Waals surface area contributed by atoms with Gasteiger partial charge in [0.2, 0.25) is 5.91 Å². The Morgan fingerprint density at radius 2 is 1.96 bits per heavy atom. The fourth-order valence-corrected chi connectivity index (χ4v) is 4.82. The number of rotatable bonds is 5. The fourth-order valence-electron chi connectivity index (χ4n) is 2.66. The highest BCUT2D eigenvalue weighted by atomic mass is 35.5. The van der Waals surface area contributed by atoms with Crippen LogP contribution in [0.2, 0.25) is 5.02 Å². The molecule has 0 fully saturated rings. The molecule has 3 rings (SSSR count). The molecule has 2 aromatic rings. The monoisotopic (exact) mass is 445 g/mol. The lowest BCUT2D eigenvalue weighted by molar-refractivity contribution is -0.116. The van der Waals surface area contributed by atoms with Crippen molar-refractivity contribution in [3.05, 3.63) is 53.1 Å². The van der Waals surface area contributed by atoms with Gasteiger partial charge in [0.05, 0.1) is 22.2 Å². The largest absolute Gasteiger partial charge is 0.349 e. The van der Waals surface area contributed by atoms with Crippen LogP contribution < -0.4 is 5.32 Å². The molecule has 1 aliphatic heterocycles. The number of nitrogens with one attached hydrogen (secondary N) is 1. The Hall–Kier alpha value is -2.17. The first kappa shape index (κ1) is 20.6. The van der Waals surface area contributed by atoms with Gasteiger partial charge in [-0.2, -0.15) is 17.2 Å². The van der Waals surface area contributed by atoms with Crippen molar-refractivity contribution in [3.8, 4) is 0 Å². The molecule has 6 nitrogen and oxygen atoms in total. The van der Waals surface area contributed by atoms with Gasteiger partial charge in [-0.15, -0.1) is 4.40 Å². The summed E-state index contributed by atoms with van der Waals surface area (Å²) < 4.78 is 53.5. The first-order valence-corrected chi connectivity index (χ1v) is 10.6. The summed E-state index contributed by atoms with van der Waals surface area (Å²) in [5.74, 6) is -3.10. The number of benzene rings is 2. The summed E-state index contributed by atoms with van der Waals surface area (Å²) in [7, 11) is -2.29. The SMILES string of the molecule is CN(CC(=O)Nc1cccc(Cl)c1SC(F)F)C1=NS(=O)(=O)c2ccccc21. The van der Waals surface area contributed by atoms with Crippen LogP contribution in [0.1, 0.15) is 5.56 Å². The molecule has 1 aliphatic rings. The van der Waals surface area contributed by atoms with Crippen molar-refractivity contribution in [2.75, 3.05) is 18.9 Å². The summed E-state index contributed by atoms with van der Waals surface area (Å²) in [6, 6.07) is 10.7. The second-order valence-electron chi connectivity index (χ2n) is 5.79. The van der Waals surface area contributed by atoms with E-state index in [0.717, 1.165) is 0 Å². The van der Waals surface area contributed by atoms with Gasteiger partial charge in [-0.1, -0.05) is 41.6 Å². The lowest BCUT2D eigenvalue weighted by atomic mass is 10.2. The molecule has 0 radical (unpaired) electrons. The van der Waals surface area contributed by atoms with Gasteiger partial charge in [-0.05, 0) is 24.3 Å². The second kappa shape index (κ2) is 8.06. The molecule has 0 spiro atoms. The van der Waals surface area contributed by atoms with Crippen LogP contribution in [-0.2, 0) is 14.8 Å². The number of alkyl halides is 2. The zero-order chi connectivity index (χ0) is 20.5. The lowest BCUT2D eigenvalue weighted by Crippen LogP contribution is -2.35. The van der Waals surface area contributed by atoms with Crippen molar-refractivity contribution in [2.45, 2.75) is 15.5 Å². The topological polar surface area (TPSA) is 78.8 Å². The van der Waals surface area contributed by atoms with E-state index >= 15 is 0 Å². The molecule has 0 bridgehead atoms. The summed E-state index contributed by atoms with van der Waals surface area (Å²) in [6.45, 7) is -0.242. The number of hydrogen-bond acceptors (Lipinski definition) is 5. The van der Waals surface area contributed by atoms with Crippen molar-refractivity contribution in [3.63, 3.8) is 0 Å². The molecule has 148 valence electrons. The van der Waals surface area contributed by atoms with E-state index in [9.17, 15) is 22.0 Å². The predicted molar refractivity (Wildman–Crippen MR) is 105 cm³/mol. The number of fused-ring (bicyclic) bond motifs is 1. The van der Waals surface area contributed by atoms with Gasteiger partial charge in [0, 0.05) is 12.6 Å². The maximum Gasteiger partial charge on any atom is 0.289 e. The summed E-state index contributed by atoms with van der Waals surface area (Å²) in [6.07, 6.45) is 0. The molecular formula is C17H14ClF2N3O3S2. The summed E-state index contributed by atoms with van der Waals surface area (Å²) in [5, 5.41) is 2.63. The molecule has 1 amide bonds. The average molecular weight is 446 g/mol. The molecule has 0 saturated heterocycles. The van der Waals surface area contributed by atoms with Crippen LogP contribution in [0.4, 0.5) is 14.5 Å². The van der Waals surface area contributed by atoms with Crippen LogP contribution >= 0.6 is 23.4 Å². The number of nitrogens with zero attached hydrogens (tertiary/aromatic N) is 2. The number of sulfonamides is 1. The quantitative estimate of drug-likeness (QED) is 0.710. The number of hydrogen-bond donors (Lipinski definition) is 1. The number of halogens is 3. The van der Waals surface area contributed by atoms with Crippen LogP contribution in [0.5, 0.6) is 0 Å². The Kier molecular flexibility index (Phi) is 5.92. The van der Waals surface area contributed by atoms with Crippen molar-refractivity contribution in [1.29, 1.82) is 0 Å². The van der Waals surface area contributed by atoms with Crippen LogP contribution in [0.15, 0.2) is 56.7 Å². The maximum atomic E-state index is 12.8. The highest BCUT2D eigenvalue weighted by Gasteiger charge is 2.31. The van der Waals surface area contributed by atoms with Gasteiger partial charge in [-0.3, -0.25) is 4.79 Å². The molecule has 0 aromatic heterocycles. The van der Waals surface area contributed by atoms with Crippen LogP contribution in [-0.4, -0.2) is 44.4 Å². The van der Waals surface area contributed by atoms with Gasteiger partial charge in [0.15, 0.2) is 5.84 Å². The Morgan fingerprint density at radius 1 is 1.25 bits per heavy atom. The number of thioether (sulfide) groups is 1. The standard InChI is InChI=1S/C17H14ClF2N3O3S2/c1-23(16-10-5-2-3-8-13(10)28(25,26)22-16)9-14(24)21-12-7-4-6-11(18)15(12)27-17(19)20/h2-8,17H,9H2,1H3,(H,21,24). The Bertz CT molecular complexity index is 1060. The molecule has 2 aromatic carbocycles. The average Bonchev–Trinajstić information content (AvgIpc) is 2.89. The summed E-state index contributed by atoms with van der Waals surface area (Å²) in [4.78, 5) is 13.9. The zero-order valence-corrected chi connectivity index (χ0v) is 16.8. The molecule has 1 N–H and O–H groups in total. The first-order chi connectivity index (χ1) is 13.2. The van der Waals surface area contributed by atoms with E-state index in [1.165, 1.54) is 36.2 Å². The number of carbonyl (C=O) groups is 1. The fraction of sp³-hybridized carbons (Fsp3) is 0.176. The van der Waals surface area contributed by atoms with E-state index < -0.39 is 21.7 Å². The minimum atomic E-state index is -3.81. The number of amides is 1. The molecule has 0 unspecified atom stereocenters. The van der Waals surface area contributed by atoms with Gasteiger partial charge < -0.3 is 10.2 Å². The Labute approximate surface area is 169 Å². The summed E-state index contributed by atoms with van der Waals surface area (Å²) >= 11 is 6.18. The Balaban J connectivity index is 1.78. The van der Waals surface area contributed by atoms with Crippen molar-refractivity contribution in [2.24, 2.45) is 4.40 Å². The van der Waals surface area contributed by atoms with E-state index in [0.29, 0.717) is 5.56 Å². The first-order valence-electron chi connectivity index (χ1n) is 7.87. The van der Waals surface area contributed by atoms with Crippen molar-refractivity contribution >= 4 is 50.8 Å². The third-order valence-electron chi connectivity index (χ3n) is 3.80. The molecule has 28 heavy (non-hydrogen) atoms. The van der Waals surface area contributed by atoms with Gasteiger partial charge in [0.25, 0.3) is 15.8 Å². The van der Waals surface area contributed by atoms with Crippen LogP contribution in [0, 0.1) is 0 Å². The predicted octanol–water partition coefficient (Wildman–Crippen LogP) is 3.67. The minimum Gasteiger partial charge on any atom is -0.349 e. The van der Waals surface area contributed by atoms with Crippen LogP contribution in [0.3, 0.4) is 0 Å². The number of carbonyl (C=O) groups excluding carboxylic acids is 1. The zero-order valence-electron chi connectivity index (χ0n) is 14.4. The molecule has 11 heteroatoms. The van der Waals surface area contributed by atoms with E-state index in [1.807, 2.05) is 0 Å². The van der Waals surface area contributed by atoms with E-state index in [2.05, 4.69) is 9.71 Å². The van der Waals surface area contributed by atoms with E-state index in [1.54, 1.807) is 18.2 Å². The molecule has 0 atom stereocenters. The maximum absolute atomic E-state index is 12.8. The van der Waals surface area contributed by atoms with Gasteiger partial charge >= 0.3 is 0 Å². The van der Waals surface area contributed by atoms with Crippen molar-refractivity contribution in [1.82, 2.24) is 4.90 Å². The van der Waals surface area contributed by atoms with Gasteiger partial charge in [0.1, 0.15) is 4.90 Å². The van der Waals surface area contributed by atoms with Crippen LogP contribution in [0.25, 0.3) is 0 Å². The molecule has 0 aliphatic carbocycles. The minimum absolute atomic E-state index is 0.0568. The molecule has 0 saturated carbocycles. The number of amidine groups is 1. The Morgan fingerprint density at radius 3 is 2.68 bits per heavy atom. The molecular weight excluding hydrogens is 432 g/mol. The second-order valence-corrected chi connectivity index (χ2v) is 8.77. The third-order valence-corrected chi connectivity index (χ3v) is 6.41. The highest BCUT2D eigenvalue weighted by Crippen LogP contribution is 2.37. The smallest absolute Gasteiger partial charge is 0.289 e. The van der Waals surface area contributed by atoms with Gasteiger partial charge in [-0.25, -0.2) is 0 Å².